The van der Waals surface area contributed by atoms with Gasteiger partial charge in [0.1, 0.15) is 0 Å². The molecular weight excluding hydrogens is 302 g/mol. The van der Waals surface area contributed by atoms with Gasteiger partial charge in [-0.2, -0.15) is 0 Å². The lowest BCUT2D eigenvalue weighted by Crippen LogP contribution is -2.51. The molecule has 0 bridgehead atoms. The van der Waals surface area contributed by atoms with Crippen molar-refractivity contribution in [3.8, 4) is 0 Å². The molecule has 2 fully saturated rings. The van der Waals surface area contributed by atoms with Crippen LogP contribution in [-0.2, 0) is 4.79 Å². The van der Waals surface area contributed by atoms with Crippen molar-refractivity contribution in [1.82, 2.24) is 15.2 Å². The summed E-state index contributed by atoms with van der Waals surface area (Å²) < 4.78 is 0. The van der Waals surface area contributed by atoms with Crippen molar-refractivity contribution in [1.29, 1.82) is 0 Å². The smallest absolute Gasteiger partial charge is 0.255 e. The van der Waals surface area contributed by atoms with Gasteiger partial charge < -0.3 is 10.2 Å². The Morgan fingerprint density at radius 2 is 2.00 bits per heavy atom. The van der Waals surface area contributed by atoms with Crippen molar-refractivity contribution in [2.45, 2.75) is 57.9 Å². The van der Waals surface area contributed by atoms with Crippen LogP contribution in [-0.4, -0.2) is 40.8 Å². The van der Waals surface area contributed by atoms with E-state index in [-0.39, 0.29) is 23.8 Å². The summed E-state index contributed by atoms with van der Waals surface area (Å²) in [6.07, 6.45) is 8.63. The van der Waals surface area contributed by atoms with E-state index < -0.39 is 0 Å². The fraction of sp³-hybridized carbons (Fsp3) is 0.632. The lowest BCUT2D eigenvalue weighted by molar-refractivity contribution is -0.128. The quantitative estimate of drug-likeness (QED) is 0.861. The standard InChI is InChI=1S/C19H27N3O2/c1-14-9-10-15(13-21-14)19(24)22-12-6-2-5-11-20-18(23)16-7-3-4-8-17(16)22/h9-10,13,16-17H,2-8,11-12H2,1H3,(H,20,23). The molecule has 3 rings (SSSR count). The molecule has 24 heavy (non-hydrogen) atoms. The molecule has 2 aliphatic rings. The van der Waals surface area contributed by atoms with E-state index in [1.807, 2.05) is 24.0 Å². The molecule has 1 aliphatic carbocycles. The monoisotopic (exact) mass is 329 g/mol. The molecule has 130 valence electrons. The van der Waals surface area contributed by atoms with Crippen LogP contribution >= 0.6 is 0 Å². The number of amides is 2. The predicted octanol–water partition coefficient (Wildman–Crippen LogP) is 2.69. The maximum atomic E-state index is 13.1. The molecule has 0 spiro atoms. The van der Waals surface area contributed by atoms with Gasteiger partial charge in [0.2, 0.25) is 5.91 Å². The molecule has 2 heterocycles. The van der Waals surface area contributed by atoms with E-state index in [1.165, 1.54) is 0 Å². The molecule has 2 atom stereocenters. The van der Waals surface area contributed by atoms with Crippen molar-refractivity contribution in [2.24, 2.45) is 5.92 Å². The van der Waals surface area contributed by atoms with Gasteiger partial charge in [0.25, 0.3) is 5.91 Å². The summed E-state index contributed by atoms with van der Waals surface area (Å²) in [5.41, 5.74) is 1.53. The number of fused-ring (bicyclic) bond motifs is 1. The van der Waals surface area contributed by atoms with Crippen LogP contribution < -0.4 is 5.32 Å². The lowest BCUT2D eigenvalue weighted by Gasteiger charge is -2.40. The number of aryl methyl sites for hydroxylation is 1. The molecule has 1 aromatic heterocycles. The summed E-state index contributed by atoms with van der Waals surface area (Å²) in [7, 11) is 0. The third-order valence-electron chi connectivity index (χ3n) is 5.26. The highest BCUT2D eigenvalue weighted by Crippen LogP contribution is 2.30. The van der Waals surface area contributed by atoms with Gasteiger partial charge in [0.15, 0.2) is 0 Å². The lowest BCUT2D eigenvalue weighted by atomic mass is 9.82. The van der Waals surface area contributed by atoms with Crippen LogP contribution in [0.25, 0.3) is 0 Å². The molecule has 0 aromatic carbocycles. The Kier molecular flexibility index (Phi) is 5.48. The van der Waals surface area contributed by atoms with Crippen LogP contribution in [0, 0.1) is 12.8 Å². The first-order valence-corrected chi connectivity index (χ1v) is 9.18. The van der Waals surface area contributed by atoms with Crippen LogP contribution in [0.15, 0.2) is 18.3 Å². The number of pyridine rings is 1. The van der Waals surface area contributed by atoms with Gasteiger partial charge in [-0.15, -0.1) is 0 Å². The molecule has 2 unspecified atom stereocenters. The summed E-state index contributed by atoms with van der Waals surface area (Å²) in [6, 6.07) is 3.74. The second-order valence-electron chi connectivity index (χ2n) is 7.00. The Labute approximate surface area is 143 Å². The summed E-state index contributed by atoms with van der Waals surface area (Å²) in [6.45, 7) is 3.42. The maximum absolute atomic E-state index is 13.1. The molecule has 1 saturated heterocycles. The highest BCUT2D eigenvalue weighted by molar-refractivity contribution is 5.94. The molecule has 0 radical (unpaired) electrons. The Morgan fingerprint density at radius 1 is 1.17 bits per heavy atom. The molecule has 2 amide bonds. The van der Waals surface area contributed by atoms with Crippen molar-refractivity contribution in [3.05, 3.63) is 29.6 Å². The maximum Gasteiger partial charge on any atom is 0.255 e. The average molecular weight is 329 g/mol. The van der Waals surface area contributed by atoms with E-state index in [2.05, 4.69) is 10.3 Å². The third-order valence-corrected chi connectivity index (χ3v) is 5.26. The molecule has 1 aliphatic heterocycles. The Hall–Kier alpha value is -1.91. The molecular formula is C19H27N3O2. The number of nitrogens with one attached hydrogen (secondary N) is 1. The molecule has 1 aromatic rings. The van der Waals surface area contributed by atoms with Crippen molar-refractivity contribution < 1.29 is 9.59 Å². The molecule has 1 N–H and O–H groups in total. The predicted molar refractivity (Wildman–Crippen MR) is 92.6 cm³/mol. The number of hydrogen-bond acceptors (Lipinski definition) is 3. The Morgan fingerprint density at radius 3 is 2.79 bits per heavy atom. The highest BCUT2D eigenvalue weighted by Gasteiger charge is 2.37. The largest absolute Gasteiger partial charge is 0.356 e. The van der Waals surface area contributed by atoms with Gasteiger partial charge in [-0.1, -0.05) is 12.8 Å². The second-order valence-corrected chi connectivity index (χ2v) is 7.00. The zero-order chi connectivity index (χ0) is 16.9. The fourth-order valence-corrected chi connectivity index (χ4v) is 3.89. The van der Waals surface area contributed by atoms with Crippen molar-refractivity contribution in [3.63, 3.8) is 0 Å². The van der Waals surface area contributed by atoms with E-state index >= 15 is 0 Å². The second kappa shape index (κ2) is 7.77. The topological polar surface area (TPSA) is 62.3 Å². The number of hydrogen-bond donors (Lipinski definition) is 1. The molecule has 1 saturated carbocycles. The van der Waals surface area contributed by atoms with Gasteiger partial charge in [-0.05, 0) is 51.2 Å². The Balaban J connectivity index is 1.86. The highest BCUT2D eigenvalue weighted by atomic mass is 16.2. The van der Waals surface area contributed by atoms with Crippen molar-refractivity contribution >= 4 is 11.8 Å². The summed E-state index contributed by atoms with van der Waals surface area (Å²) >= 11 is 0. The minimum atomic E-state index is -0.0702. The fourth-order valence-electron chi connectivity index (χ4n) is 3.89. The Bertz CT molecular complexity index is 585. The van der Waals surface area contributed by atoms with Gasteiger partial charge in [0, 0.05) is 31.0 Å². The van der Waals surface area contributed by atoms with E-state index in [1.54, 1.807) is 6.20 Å². The number of carbonyl (C=O) groups is 2. The van der Waals surface area contributed by atoms with Crippen molar-refractivity contribution in [2.75, 3.05) is 13.1 Å². The van der Waals surface area contributed by atoms with Crippen LogP contribution in [0.2, 0.25) is 0 Å². The number of carbonyl (C=O) groups excluding carboxylic acids is 2. The minimum absolute atomic E-state index is 0.0191. The van der Waals surface area contributed by atoms with Crippen LogP contribution in [0.1, 0.15) is 61.0 Å². The summed E-state index contributed by atoms with van der Waals surface area (Å²) in [5, 5.41) is 3.07. The SMILES string of the molecule is Cc1ccc(C(=O)N2CCCCCNC(=O)C3CCCCC32)cn1. The van der Waals surface area contributed by atoms with E-state index in [0.29, 0.717) is 5.56 Å². The number of aromatic nitrogens is 1. The van der Waals surface area contributed by atoms with Crippen LogP contribution in [0.4, 0.5) is 0 Å². The number of nitrogens with zero attached hydrogens (tertiary/aromatic N) is 2. The first-order valence-electron chi connectivity index (χ1n) is 9.18. The average Bonchev–Trinajstić information content (AvgIpc) is 2.61. The van der Waals surface area contributed by atoms with Gasteiger partial charge in [-0.25, -0.2) is 0 Å². The van der Waals surface area contributed by atoms with Gasteiger partial charge in [-0.3, -0.25) is 14.6 Å². The van der Waals surface area contributed by atoms with E-state index in [0.717, 1.165) is 63.7 Å². The van der Waals surface area contributed by atoms with Gasteiger partial charge in [0.05, 0.1) is 11.5 Å². The van der Waals surface area contributed by atoms with Gasteiger partial charge >= 0.3 is 0 Å². The first-order chi connectivity index (χ1) is 11.7. The van der Waals surface area contributed by atoms with E-state index in [9.17, 15) is 9.59 Å². The minimum Gasteiger partial charge on any atom is -0.356 e. The summed E-state index contributed by atoms with van der Waals surface area (Å²) in [4.78, 5) is 31.9. The third kappa shape index (κ3) is 3.77. The van der Waals surface area contributed by atoms with Crippen LogP contribution in [0.5, 0.6) is 0 Å². The van der Waals surface area contributed by atoms with E-state index in [4.69, 9.17) is 0 Å². The zero-order valence-electron chi connectivity index (χ0n) is 14.5. The molecule has 5 heteroatoms. The number of rotatable bonds is 1. The first kappa shape index (κ1) is 16.9. The molecule has 5 nitrogen and oxygen atoms in total. The zero-order valence-corrected chi connectivity index (χ0v) is 14.5. The summed E-state index contributed by atoms with van der Waals surface area (Å²) in [5.74, 6) is 0.0772. The van der Waals surface area contributed by atoms with Crippen LogP contribution in [0.3, 0.4) is 0 Å². The normalized spacial score (nSPS) is 25.5.